The van der Waals surface area contributed by atoms with Crippen LogP contribution < -0.4 is 5.73 Å². The quantitative estimate of drug-likeness (QED) is 0.772. The van der Waals surface area contributed by atoms with E-state index < -0.39 is 0 Å². The molecule has 4 fully saturated rings. The van der Waals surface area contributed by atoms with Gasteiger partial charge >= 0.3 is 0 Å². The Hall–Kier alpha value is -1.24. The van der Waals surface area contributed by atoms with Crippen molar-refractivity contribution in [3.8, 4) is 0 Å². The first-order valence-electron chi connectivity index (χ1n) is 7.76. The first-order valence-corrected chi connectivity index (χ1v) is 7.76. The Morgan fingerprint density at radius 2 is 1.42 bits per heavy atom. The molecule has 1 heteroatoms. The lowest BCUT2D eigenvalue weighted by atomic mass is 9.49. The zero-order valence-corrected chi connectivity index (χ0v) is 11.5. The molecular formula is C18H23N. The summed E-state index contributed by atoms with van der Waals surface area (Å²) in [4.78, 5) is 0. The molecule has 0 aliphatic heterocycles. The van der Waals surface area contributed by atoms with Gasteiger partial charge in [0.2, 0.25) is 0 Å². The summed E-state index contributed by atoms with van der Waals surface area (Å²) < 4.78 is 0. The average Bonchev–Trinajstić information content (AvgIpc) is 2.36. The monoisotopic (exact) mass is 253 g/mol. The first-order chi connectivity index (χ1) is 9.21. The van der Waals surface area contributed by atoms with Crippen molar-refractivity contribution in [1.29, 1.82) is 0 Å². The van der Waals surface area contributed by atoms with Crippen LogP contribution in [0.4, 0.5) is 5.69 Å². The van der Waals surface area contributed by atoms with Crippen LogP contribution in [0.5, 0.6) is 0 Å². The Balaban J connectivity index is 1.57. The van der Waals surface area contributed by atoms with Gasteiger partial charge in [-0.15, -0.1) is 0 Å². The van der Waals surface area contributed by atoms with Gasteiger partial charge in [0.15, 0.2) is 0 Å². The van der Waals surface area contributed by atoms with E-state index in [4.69, 9.17) is 5.73 Å². The van der Waals surface area contributed by atoms with E-state index in [0.717, 1.165) is 23.4 Å². The fourth-order valence-electron chi connectivity index (χ4n) is 5.26. The second-order valence-corrected chi connectivity index (χ2v) is 7.28. The summed E-state index contributed by atoms with van der Waals surface area (Å²) in [7, 11) is 0. The SMILES string of the molecule is Nc1ccc(/C=C/C23CC4CC(CC(C4)C2)C3)cc1. The minimum Gasteiger partial charge on any atom is -0.399 e. The van der Waals surface area contributed by atoms with Gasteiger partial charge in [0.05, 0.1) is 0 Å². The molecule has 5 rings (SSSR count). The zero-order chi connectivity index (χ0) is 12.9. The number of rotatable bonds is 2. The molecule has 0 aromatic heterocycles. The van der Waals surface area contributed by atoms with Crippen LogP contribution in [-0.4, -0.2) is 0 Å². The number of hydrogen-bond acceptors (Lipinski definition) is 1. The molecule has 0 amide bonds. The highest BCUT2D eigenvalue weighted by molar-refractivity contribution is 5.54. The Morgan fingerprint density at radius 1 is 0.895 bits per heavy atom. The summed E-state index contributed by atoms with van der Waals surface area (Å²) in [5.41, 5.74) is 8.43. The third-order valence-corrected chi connectivity index (χ3v) is 5.65. The van der Waals surface area contributed by atoms with Crippen LogP contribution in [-0.2, 0) is 0 Å². The lowest BCUT2D eigenvalue weighted by Crippen LogP contribution is -2.44. The van der Waals surface area contributed by atoms with Crippen molar-refractivity contribution in [2.75, 3.05) is 5.73 Å². The van der Waals surface area contributed by atoms with Crippen LogP contribution in [0.25, 0.3) is 6.08 Å². The van der Waals surface area contributed by atoms with Gasteiger partial charge in [-0.05, 0) is 79.4 Å². The van der Waals surface area contributed by atoms with Crippen molar-refractivity contribution in [2.45, 2.75) is 38.5 Å². The highest BCUT2D eigenvalue weighted by Crippen LogP contribution is 2.60. The van der Waals surface area contributed by atoms with Crippen molar-refractivity contribution >= 4 is 11.8 Å². The van der Waals surface area contributed by atoms with Gasteiger partial charge in [0.25, 0.3) is 0 Å². The van der Waals surface area contributed by atoms with Crippen molar-refractivity contribution in [3.05, 3.63) is 35.9 Å². The maximum atomic E-state index is 5.75. The molecule has 0 spiro atoms. The summed E-state index contributed by atoms with van der Waals surface area (Å²) in [6, 6.07) is 8.26. The van der Waals surface area contributed by atoms with Crippen LogP contribution in [0.2, 0.25) is 0 Å². The standard InChI is InChI=1S/C18H23N/c19-17-3-1-13(2-4-17)5-6-18-10-14-7-15(11-18)9-16(8-14)12-18/h1-6,14-16H,7-12,19H2/b6-5+. The summed E-state index contributed by atoms with van der Waals surface area (Å²) >= 11 is 0. The Labute approximate surface area is 115 Å². The number of anilines is 1. The number of hydrogen-bond donors (Lipinski definition) is 1. The second kappa shape index (κ2) is 4.13. The molecule has 0 unspecified atom stereocenters. The average molecular weight is 253 g/mol. The van der Waals surface area contributed by atoms with E-state index in [0.29, 0.717) is 5.41 Å². The van der Waals surface area contributed by atoms with Crippen molar-refractivity contribution < 1.29 is 0 Å². The minimum absolute atomic E-state index is 0.538. The maximum Gasteiger partial charge on any atom is 0.0314 e. The van der Waals surface area contributed by atoms with E-state index in [1.165, 1.54) is 44.1 Å². The normalized spacial score (nSPS) is 40.1. The van der Waals surface area contributed by atoms with Crippen LogP contribution in [0.15, 0.2) is 30.3 Å². The van der Waals surface area contributed by atoms with Crippen molar-refractivity contribution in [2.24, 2.45) is 23.2 Å². The van der Waals surface area contributed by atoms with E-state index >= 15 is 0 Å². The predicted molar refractivity (Wildman–Crippen MR) is 80.5 cm³/mol. The highest BCUT2D eigenvalue weighted by Gasteiger charge is 2.49. The maximum absolute atomic E-state index is 5.75. The van der Waals surface area contributed by atoms with Gasteiger partial charge in [0.1, 0.15) is 0 Å². The van der Waals surface area contributed by atoms with Gasteiger partial charge < -0.3 is 5.73 Å². The molecule has 0 radical (unpaired) electrons. The number of nitrogens with two attached hydrogens (primary N) is 1. The molecule has 2 N–H and O–H groups in total. The predicted octanol–water partition coefficient (Wildman–Crippen LogP) is 4.50. The number of allylic oxidation sites excluding steroid dienone is 1. The molecule has 4 aliphatic carbocycles. The number of benzene rings is 1. The van der Waals surface area contributed by atoms with E-state index in [-0.39, 0.29) is 0 Å². The highest BCUT2D eigenvalue weighted by atomic mass is 14.5. The molecular weight excluding hydrogens is 230 g/mol. The van der Waals surface area contributed by atoms with Gasteiger partial charge in [-0.25, -0.2) is 0 Å². The van der Waals surface area contributed by atoms with Crippen LogP contribution >= 0.6 is 0 Å². The third-order valence-electron chi connectivity index (χ3n) is 5.65. The molecule has 0 heterocycles. The van der Waals surface area contributed by atoms with E-state index in [1.54, 1.807) is 0 Å². The number of nitrogen functional groups attached to an aromatic ring is 1. The van der Waals surface area contributed by atoms with Gasteiger partial charge in [-0.2, -0.15) is 0 Å². The summed E-state index contributed by atoms with van der Waals surface area (Å²) in [6.45, 7) is 0. The summed E-state index contributed by atoms with van der Waals surface area (Å²) in [5.74, 6) is 3.09. The molecule has 4 saturated carbocycles. The smallest absolute Gasteiger partial charge is 0.0314 e. The van der Waals surface area contributed by atoms with Crippen LogP contribution in [0.1, 0.15) is 44.1 Å². The molecule has 100 valence electrons. The molecule has 1 aromatic rings. The third kappa shape index (κ3) is 2.09. The lowest BCUT2D eigenvalue weighted by Gasteiger charge is -2.55. The van der Waals surface area contributed by atoms with Gasteiger partial charge in [-0.1, -0.05) is 24.3 Å². The molecule has 0 saturated heterocycles. The first kappa shape index (κ1) is 11.6. The summed E-state index contributed by atoms with van der Waals surface area (Å²) in [5, 5.41) is 0. The van der Waals surface area contributed by atoms with Crippen LogP contribution in [0.3, 0.4) is 0 Å². The van der Waals surface area contributed by atoms with Gasteiger partial charge in [-0.3, -0.25) is 0 Å². The Bertz CT molecular complexity index is 462. The minimum atomic E-state index is 0.538. The van der Waals surface area contributed by atoms with Crippen molar-refractivity contribution in [1.82, 2.24) is 0 Å². The van der Waals surface area contributed by atoms with E-state index in [1.807, 2.05) is 12.1 Å². The fourth-order valence-corrected chi connectivity index (χ4v) is 5.26. The van der Waals surface area contributed by atoms with Gasteiger partial charge in [0, 0.05) is 5.69 Å². The topological polar surface area (TPSA) is 26.0 Å². The molecule has 1 aromatic carbocycles. The summed E-state index contributed by atoms with van der Waals surface area (Å²) in [6.07, 6.45) is 13.8. The molecule has 1 nitrogen and oxygen atoms in total. The van der Waals surface area contributed by atoms with Crippen LogP contribution in [0, 0.1) is 23.2 Å². The van der Waals surface area contributed by atoms with E-state index in [9.17, 15) is 0 Å². The lowest BCUT2D eigenvalue weighted by molar-refractivity contribution is -0.0232. The largest absolute Gasteiger partial charge is 0.399 e. The fraction of sp³-hybridized carbons (Fsp3) is 0.556. The Kier molecular flexibility index (Phi) is 2.51. The second-order valence-electron chi connectivity index (χ2n) is 7.28. The van der Waals surface area contributed by atoms with E-state index in [2.05, 4.69) is 24.3 Å². The Morgan fingerprint density at radius 3 is 1.95 bits per heavy atom. The molecule has 0 atom stereocenters. The molecule has 4 bridgehead atoms. The zero-order valence-electron chi connectivity index (χ0n) is 11.5. The molecule has 4 aliphatic rings. The van der Waals surface area contributed by atoms with Crippen molar-refractivity contribution in [3.63, 3.8) is 0 Å². The molecule has 19 heavy (non-hydrogen) atoms.